The average molecular weight is 337 g/mol. The third kappa shape index (κ3) is 2.80. The SMILES string of the molecule is COc1cccc2c1OCC(NC(=O)c1ccc3cnc(C)n3c1)C2. The number of carbonyl (C=O) groups is 1. The second kappa shape index (κ2) is 6.12. The lowest BCUT2D eigenvalue weighted by Crippen LogP contribution is -2.42. The molecule has 0 saturated heterocycles. The second-order valence-electron chi connectivity index (χ2n) is 6.15. The molecule has 0 saturated carbocycles. The summed E-state index contributed by atoms with van der Waals surface area (Å²) in [5, 5.41) is 3.05. The molecule has 3 heterocycles. The number of ether oxygens (including phenoxy) is 2. The first-order valence-electron chi connectivity index (χ1n) is 8.19. The smallest absolute Gasteiger partial charge is 0.253 e. The highest BCUT2D eigenvalue weighted by atomic mass is 16.5. The number of methoxy groups -OCH3 is 1. The van der Waals surface area contributed by atoms with Gasteiger partial charge in [0, 0.05) is 11.8 Å². The van der Waals surface area contributed by atoms with Crippen LogP contribution in [0.1, 0.15) is 21.7 Å². The standard InChI is InChI=1S/C19H19N3O3/c1-12-20-9-16-7-6-14(10-22(12)16)19(23)21-15-8-13-4-3-5-17(24-2)18(13)25-11-15/h3-7,9-10,15H,8,11H2,1-2H3,(H,21,23). The Morgan fingerprint density at radius 2 is 2.24 bits per heavy atom. The van der Waals surface area contributed by atoms with Crippen LogP contribution in [-0.2, 0) is 6.42 Å². The zero-order valence-corrected chi connectivity index (χ0v) is 14.2. The van der Waals surface area contributed by atoms with Crippen LogP contribution in [0.2, 0.25) is 0 Å². The number of aromatic nitrogens is 2. The summed E-state index contributed by atoms with van der Waals surface area (Å²) in [6.07, 6.45) is 4.31. The molecule has 2 aromatic heterocycles. The lowest BCUT2D eigenvalue weighted by atomic mass is 10.0. The van der Waals surface area contributed by atoms with Crippen molar-refractivity contribution < 1.29 is 14.3 Å². The van der Waals surface area contributed by atoms with E-state index in [1.165, 1.54) is 0 Å². The van der Waals surface area contributed by atoms with Crippen molar-refractivity contribution in [2.75, 3.05) is 13.7 Å². The number of benzene rings is 1. The summed E-state index contributed by atoms with van der Waals surface area (Å²) in [6, 6.07) is 9.43. The predicted molar refractivity (Wildman–Crippen MR) is 93.4 cm³/mol. The number of carbonyl (C=O) groups excluding carboxylic acids is 1. The third-order valence-electron chi connectivity index (χ3n) is 4.49. The zero-order chi connectivity index (χ0) is 17.4. The number of para-hydroxylation sites is 1. The fourth-order valence-electron chi connectivity index (χ4n) is 3.17. The Morgan fingerprint density at radius 3 is 3.08 bits per heavy atom. The van der Waals surface area contributed by atoms with Gasteiger partial charge in [-0.15, -0.1) is 0 Å². The molecule has 1 unspecified atom stereocenters. The van der Waals surface area contributed by atoms with Crippen molar-refractivity contribution in [3.8, 4) is 11.5 Å². The van der Waals surface area contributed by atoms with Gasteiger partial charge in [-0.25, -0.2) is 4.98 Å². The minimum absolute atomic E-state index is 0.0771. The molecule has 1 atom stereocenters. The molecule has 6 heteroatoms. The quantitative estimate of drug-likeness (QED) is 0.797. The summed E-state index contributed by atoms with van der Waals surface area (Å²) >= 11 is 0. The molecule has 1 N–H and O–H groups in total. The van der Waals surface area contributed by atoms with Gasteiger partial charge in [-0.05, 0) is 31.5 Å². The fraction of sp³-hybridized carbons (Fsp3) is 0.263. The summed E-state index contributed by atoms with van der Waals surface area (Å²) in [4.78, 5) is 16.9. The molecule has 0 bridgehead atoms. The second-order valence-corrected chi connectivity index (χ2v) is 6.15. The molecule has 25 heavy (non-hydrogen) atoms. The molecule has 0 spiro atoms. The first-order valence-corrected chi connectivity index (χ1v) is 8.19. The summed E-state index contributed by atoms with van der Waals surface area (Å²) in [5.41, 5.74) is 2.61. The van der Waals surface area contributed by atoms with E-state index < -0.39 is 0 Å². The Hall–Kier alpha value is -3.02. The van der Waals surface area contributed by atoms with Crippen molar-refractivity contribution in [3.63, 3.8) is 0 Å². The van der Waals surface area contributed by atoms with Gasteiger partial charge in [0.25, 0.3) is 5.91 Å². The van der Waals surface area contributed by atoms with E-state index in [4.69, 9.17) is 9.47 Å². The number of amides is 1. The molecule has 0 fully saturated rings. The summed E-state index contributed by atoms with van der Waals surface area (Å²) in [7, 11) is 1.63. The molecule has 3 aromatic rings. The van der Waals surface area contributed by atoms with Crippen LogP contribution in [0.4, 0.5) is 0 Å². The third-order valence-corrected chi connectivity index (χ3v) is 4.49. The number of pyridine rings is 1. The molecule has 6 nitrogen and oxygen atoms in total. The van der Waals surface area contributed by atoms with Gasteiger partial charge in [-0.2, -0.15) is 0 Å². The first kappa shape index (κ1) is 15.5. The van der Waals surface area contributed by atoms with Gasteiger partial charge in [0.05, 0.1) is 30.4 Å². The van der Waals surface area contributed by atoms with E-state index in [-0.39, 0.29) is 11.9 Å². The highest BCUT2D eigenvalue weighted by Gasteiger charge is 2.24. The monoisotopic (exact) mass is 337 g/mol. The maximum Gasteiger partial charge on any atom is 0.253 e. The lowest BCUT2D eigenvalue weighted by Gasteiger charge is -2.27. The minimum Gasteiger partial charge on any atom is -0.493 e. The van der Waals surface area contributed by atoms with E-state index in [9.17, 15) is 4.79 Å². The highest BCUT2D eigenvalue weighted by molar-refractivity contribution is 5.94. The van der Waals surface area contributed by atoms with Crippen molar-refractivity contribution in [1.82, 2.24) is 14.7 Å². The molecule has 1 aromatic carbocycles. The normalized spacial score (nSPS) is 16.2. The van der Waals surface area contributed by atoms with Gasteiger partial charge in [-0.1, -0.05) is 12.1 Å². The number of hydrogen-bond acceptors (Lipinski definition) is 4. The molecule has 1 amide bonds. The van der Waals surface area contributed by atoms with Gasteiger partial charge >= 0.3 is 0 Å². The topological polar surface area (TPSA) is 64.9 Å². The van der Waals surface area contributed by atoms with Crippen LogP contribution >= 0.6 is 0 Å². The first-order chi connectivity index (χ1) is 12.2. The van der Waals surface area contributed by atoms with Crippen molar-refractivity contribution in [1.29, 1.82) is 0 Å². The number of hydrogen-bond donors (Lipinski definition) is 1. The number of fused-ring (bicyclic) bond motifs is 2. The average Bonchev–Trinajstić information content (AvgIpc) is 3.01. The van der Waals surface area contributed by atoms with Crippen molar-refractivity contribution in [3.05, 3.63) is 59.7 Å². The number of nitrogens with zero attached hydrogens (tertiary/aromatic N) is 2. The van der Waals surface area contributed by atoms with Crippen LogP contribution in [-0.4, -0.2) is 35.1 Å². The Morgan fingerprint density at radius 1 is 1.36 bits per heavy atom. The number of imidazole rings is 1. The number of rotatable bonds is 3. The molecule has 128 valence electrons. The number of aryl methyl sites for hydroxylation is 1. The summed E-state index contributed by atoms with van der Waals surface area (Å²) in [5.74, 6) is 2.23. The lowest BCUT2D eigenvalue weighted by molar-refractivity contribution is 0.0914. The minimum atomic E-state index is -0.116. The van der Waals surface area contributed by atoms with E-state index in [2.05, 4.69) is 10.3 Å². The van der Waals surface area contributed by atoms with Crippen LogP contribution in [0, 0.1) is 6.92 Å². The van der Waals surface area contributed by atoms with Crippen molar-refractivity contribution in [2.24, 2.45) is 0 Å². The highest BCUT2D eigenvalue weighted by Crippen LogP contribution is 2.34. The van der Waals surface area contributed by atoms with E-state index in [1.54, 1.807) is 13.3 Å². The van der Waals surface area contributed by atoms with Crippen LogP contribution in [0.15, 0.2) is 42.7 Å². The molecular formula is C19H19N3O3. The Kier molecular flexibility index (Phi) is 3.80. The molecule has 1 aliphatic rings. The maximum atomic E-state index is 12.6. The van der Waals surface area contributed by atoms with E-state index >= 15 is 0 Å². The largest absolute Gasteiger partial charge is 0.493 e. The van der Waals surface area contributed by atoms with Crippen molar-refractivity contribution >= 4 is 11.4 Å². The van der Waals surface area contributed by atoms with Gasteiger partial charge in [0.15, 0.2) is 11.5 Å². The van der Waals surface area contributed by atoms with Crippen LogP contribution in [0.3, 0.4) is 0 Å². The van der Waals surface area contributed by atoms with E-state index in [0.29, 0.717) is 18.6 Å². The van der Waals surface area contributed by atoms with Crippen LogP contribution in [0.25, 0.3) is 5.52 Å². The molecular weight excluding hydrogens is 318 g/mol. The van der Waals surface area contributed by atoms with Gasteiger partial charge in [-0.3, -0.25) is 4.79 Å². The molecule has 0 radical (unpaired) electrons. The molecule has 1 aliphatic heterocycles. The van der Waals surface area contributed by atoms with Crippen LogP contribution < -0.4 is 14.8 Å². The summed E-state index contributed by atoms with van der Waals surface area (Å²) < 4.78 is 13.0. The van der Waals surface area contributed by atoms with Gasteiger partial charge in [0.1, 0.15) is 12.4 Å². The fourth-order valence-corrected chi connectivity index (χ4v) is 3.17. The van der Waals surface area contributed by atoms with E-state index in [1.807, 2.05) is 47.9 Å². The molecule has 4 rings (SSSR count). The van der Waals surface area contributed by atoms with Crippen LogP contribution in [0.5, 0.6) is 11.5 Å². The maximum absolute atomic E-state index is 12.6. The number of nitrogens with one attached hydrogen (secondary N) is 1. The Labute approximate surface area is 145 Å². The Bertz CT molecular complexity index is 948. The van der Waals surface area contributed by atoms with Gasteiger partial charge < -0.3 is 19.2 Å². The van der Waals surface area contributed by atoms with Gasteiger partial charge in [0.2, 0.25) is 0 Å². The van der Waals surface area contributed by atoms with Crippen molar-refractivity contribution in [2.45, 2.75) is 19.4 Å². The zero-order valence-electron chi connectivity index (χ0n) is 14.2. The predicted octanol–water partition coefficient (Wildman–Crippen LogP) is 2.38. The Balaban J connectivity index is 1.51. The summed E-state index contributed by atoms with van der Waals surface area (Å²) in [6.45, 7) is 2.33. The van der Waals surface area contributed by atoms with E-state index in [0.717, 1.165) is 28.4 Å². The molecule has 0 aliphatic carbocycles.